The van der Waals surface area contributed by atoms with Gasteiger partial charge in [0.1, 0.15) is 5.75 Å². The van der Waals surface area contributed by atoms with Crippen molar-refractivity contribution in [2.45, 2.75) is 13.3 Å². The van der Waals surface area contributed by atoms with E-state index in [0.29, 0.717) is 27.2 Å². The maximum Gasteiger partial charge on any atom is 0.262 e. The maximum atomic E-state index is 12.1. The predicted octanol–water partition coefficient (Wildman–Crippen LogP) is 5.09. The van der Waals surface area contributed by atoms with Gasteiger partial charge in [0, 0.05) is 15.7 Å². The minimum atomic E-state index is -0.285. The molecule has 0 atom stereocenters. The fourth-order valence-corrected chi connectivity index (χ4v) is 2.96. The number of ether oxygens (including phenoxy) is 1. The van der Waals surface area contributed by atoms with Gasteiger partial charge in [0.25, 0.3) is 5.91 Å². The van der Waals surface area contributed by atoms with Crippen molar-refractivity contribution in [2.24, 2.45) is 5.10 Å². The lowest BCUT2D eigenvalue weighted by molar-refractivity contribution is -0.120. The molecule has 0 unspecified atom stereocenters. The molecule has 8 heteroatoms. The number of carbonyl (C=O) groups excluding carboxylic acids is 2. The Morgan fingerprint density at radius 2 is 1.44 bits per heavy atom. The van der Waals surface area contributed by atoms with Gasteiger partial charge in [0.2, 0.25) is 5.91 Å². The van der Waals surface area contributed by atoms with Crippen molar-refractivity contribution in [1.82, 2.24) is 5.43 Å². The number of halogens is 2. The van der Waals surface area contributed by atoms with Gasteiger partial charge in [-0.3, -0.25) is 9.59 Å². The summed E-state index contributed by atoms with van der Waals surface area (Å²) in [5.74, 6) is 0.0497. The van der Waals surface area contributed by atoms with E-state index in [1.807, 2.05) is 0 Å². The Kier molecular flexibility index (Phi) is 8.25. The van der Waals surface area contributed by atoms with E-state index in [1.165, 1.54) is 0 Å². The Morgan fingerprint density at radius 1 is 0.844 bits per heavy atom. The van der Waals surface area contributed by atoms with Gasteiger partial charge in [0.05, 0.1) is 12.1 Å². The SMILES string of the molecule is CC(=NNC(=O)Cc1ccc(Cl)cc1)c1ccc(NC(=O)COc2ccc(Cl)cc2)cc1. The first-order chi connectivity index (χ1) is 15.4. The first-order valence-corrected chi connectivity index (χ1v) is 10.5. The Bertz CT molecular complexity index is 1100. The van der Waals surface area contributed by atoms with Gasteiger partial charge in [-0.25, -0.2) is 5.43 Å². The van der Waals surface area contributed by atoms with Crippen LogP contribution in [0.25, 0.3) is 0 Å². The monoisotopic (exact) mass is 469 g/mol. The van der Waals surface area contributed by atoms with E-state index in [2.05, 4.69) is 15.8 Å². The molecule has 0 saturated carbocycles. The van der Waals surface area contributed by atoms with E-state index in [4.69, 9.17) is 27.9 Å². The highest BCUT2D eigenvalue weighted by atomic mass is 35.5. The molecule has 6 nitrogen and oxygen atoms in total. The second kappa shape index (κ2) is 11.3. The summed E-state index contributed by atoms with van der Waals surface area (Å²) in [4.78, 5) is 24.1. The van der Waals surface area contributed by atoms with Crippen LogP contribution in [0.1, 0.15) is 18.1 Å². The maximum absolute atomic E-state index is 12.1. The summed E-state index contributed by atoms with van der Waals surface area (Å²) in [5, 5.41) is 8.13. The van der Waals surface area contributed by atoms with E-state index in [-0.39, 0.29) is 24.8 Å². The van der Waals surface area contributed by atoms with Crippen LogP contribution in [0.2, 0.25) is 10.0 Å². The molecule has 32 heavy (non-hydrogen) atoms. The average molecular weight is 470 g/mol. The van der Waals surface area contributed by atoms with E-state index < -0.39 is 0 Å². The highest BCUT2D eigenvalue weighted by Gasteiger charge is 2.06. The third kappa shape index (κ3) is 7.41. The number of nitrogens with zero attached hydrogens (tertiary/aromatic N) is 1. The van der Waals surface area contributed by atoms with E-state index in [0.717, 1.165) is 11.1 Å². The van der Waals surface area contributed by atoms with Gasteiger partial charge in [-0.05, 0) is 66.6 Å². The van der Waals surface area contributed by atoms with Crippen molar-refractivity contribution < 1.29 is 14.3 Å². The normalized spacial score (nSPS) is 11.0. The smallest absolute Gasteiger partial charge is 0.262 e. The van der Waals surface area contributed by atoms with E-state index in [1.54, 1.807) is 79.7 Å². The zero-order chi connectivity index (χ0) is 22.9. The van der Waals surface area contributed by atoms with Gasteiger partial charge in [0.15, 0.2) is 6.61 Å². The standard InChI is InChI=1S/C24H21Cl2N3O3/c1-16(28-29-23(30)14-17-2-6-19(25)7-3-17)18-4-10-21(11-5-18)27-24(31)15-32-22-12-8-20(26)9-13-22/h2-13H,14-15H2,1H3,(H,27,31)(H,29,30). The number of hydrazone groups is 1. The molecule has 2 amide bonds. The average Bonchev–Trinajstić information content (AvgIpc) is 2.79. The molecule has 164 valence electrons. The quantitative estimate of drug-likeness (QED) is 0.356. The number of nitrogens with one attached hydrogen (secondary N) is 2. The highest BCUT2D eigenvalue weighted by Crippen LogP contribution is 2.16. The van der Waals surface area contributed by atoms with Crippen LogP contribution < -0.4 is 15.5 Å². The molecule has 3 aromatic rings. The fourth-order valence-electron chi connectivity index (χ4n) is 2.71. The molecule has 3 aromatic carbocycles. The molecule has 0 aliphatic carbocycles. The van der Waals surface area contributed by atoms with Gasteiger partial charge < -0.3 is 10.1 Å². The van der Waals surface area contributed by atoms with Crippen LogP contribution in [0.15, 0.2) is 77.9 Å². The molecule has 0 fully saturated rings. The van der Waals surface area contributed by atoms with Gasteiger partial charge in [-0.1, -0.05) is 47.5 Å². The lowest BCUT2D eigenvalue weighted by Crippen LogP contribution is -2.21. The van der Waals surface area contributed by atoms with Crippen molar-refractivity contribution in [1.29, 1.82) is 0 Å². The van der Waals surface area contributed by atoms with Crippen LogP contribution >= 0.6 is 23.2 Å². The van der Waals surface area contributed by atoms with Crippen LogP contribution in [0.4, 0.5) is 5.69 Å². The Hall–Kier alpha value is -3.35. The van der Waals surface area contributed by atoms with Crippen LogP contribution in [-0.4, -0.2) is 24.1 Å². The van der Waals surface area contributed by atoms with Crippen molar-refractivity contribution in [3.8, 4) is 5.75 Å². The van der Waals surface area contributed by atoms with Crippen molar-refractivity contribution in [3.63, 3.8) is 0 Å². The van der Waals surface area contributed by atoms with E-state index in [9.17, 15) is 9.59 Å². The molecule has 2 N–H and O–H groups in total. The first-order valence-electron chi connectivity index (χ1n) is 9.75. The second-order valence-electron chi connectivity index (χ2n) is 6.90. The zero-order valence-electron chi connectivity index (χ0n) is 17.3. The third-order valence-electron chi connectivity index (χ3n) is 4.40. The molecule has 0 bridgehead atoms. The number of hydrogen-bond acceptors (Lipinski definition) is 4. The second-order valence-corrected chi connectivity index (χ2v) is 7.78. The molecule has 0 aromatic heterocycles. The van der Waals surface area contributed by atoms with Gasteiger partial charge in [-0.15, -0.1) is 0 Å². The number of amides is 2. The molecule has 0 heterocycles. The predicted molar refractivity (Wildman–Crippen MR) is 128 cm³/mol. The largest absolute Gasteiger partial charge is 0.484 e. The fraction of sp³-hybridized carbons (Fsp3) is 0.125. The van der Waals surface area contributed by atoms with Crippen molar-refractivity contribution in [3.05, 3.63) is 94.0 Å². The molecular formula is C24H21Cl2N3O3. The van der Waals surface area contributed by atoms with Crippen LogP contribution in [0.3, 0.4) is 0 Å². The van der Waals surface area contributed by atoms with Crippen LogP contribution in [0, 0.1) is 0 Å². The molecule has 0 spiro atoms. The Balaban J connectivity index is 1.48. The summed E-state index contributed by atoms with van der Waals surface area (Å²) < 4.78 is 5.42. The molecule has 0 aliphatic heterocycles. The minimum Gasteiger partial charge on any atom is -0.484 e. The number of hydrogen-bond donors (Lipinski definition) is 2. The first kappa shape index (κ1) is 23.3. The van der Waals surface area contributed by atoms with Gasteiger partial charge >= 0.3 is 0 Å². The van der Waals surface area contributed by atoms with Crippen molar-refractivity contribution >= 4 is 46.4 Å². The molecule has 0 aliphatic rings. The number of carbonyl (C=O) groups is 2. The Labute approximate surface area is 196 Å². The van der Waals surface area contributed by atoms with E-state index >= 15 is 0 Å². The highest BCUT2D eigenvalue weighted by molar-refractivity contribution is 6.30. The zero-order valence-corrected chi connectivity index (χ0v) is 18.8. The molecule has 0 radical (unpaired) electrons. The number of rotatable bonds is 8. The topological polar surface area (TPSA) is 79.8 Å². The van der Waals surface area contributed by atoms with Gasteiger partial charge in [-0.2, -0.15) is 5.10 Å². The molecule has 0 saturated heterocycles. The van der Waals surface area contributed by atoms with Crippen molar-refractivity contribution in [2.75, 3.05) is 11.9 Å². The lowest BCUT2D eigenvalue weighted by atomic mass is 10.1. The summed E-state index contributed by atoms with van der Waals surface area (Å²) in [5.41, 5.74) is 5.47. The summed E-state index contributed by atoms with van der Waals surface area (Å²) in [6, 6.07) is 21.0. The number of benzene rings is 3. The van der Waals surface area contributed by atoms with Crippen LogP contribution in [-0.2, 0) is 16.0 Å². The number of anilines is 1. The summed E-state index contributed by atoms with van der Waals surface area (Å²) in [7, 11) is 0. The lowest BCUT2D eigenvalue weighted by Gasteiger charge is -2.08. The molecule has 3 rings (SSSR count). The third-order valence-corrected chi connectivity index (χ3v) is 4.90. The van der Waals surface area contributed by atoms with Crippen LogP contribution in [0.5, 0.6) is 5.75 Å². The summed E-state index contributed by atoms with van der Waals surface area (Å²) >= 11 is 11.7. The molecular weight excluding hydrogens is 449 g/mol. The summed E-state index contributed by atoms with van der Waals surface area (Å²) in [6.07, 6.45) is 0.205. The Morgan fingerprint density at radius 3 is 2.06 bits per heavy atom. The summed E-state index contributed by atoms with van der Waals surface area (Å²) in [6.45, 7) is 1.67. The minimum absolute atomic E-state index is 0.122.